The Morgan fingerprint density at radius 3 is 2.80 bits per heavy atom. The first-order valence-corrected chi connectivity index (χ1v) is 6.55. The van der Waals surface area contributed by atoms with Gasteiger partial charge in [-0.05, 0) is 13.0 Å². The predicted molar refractivity (Wildman–Crippen MR) is 82.7 cm³/mol. The van der Waals surface area contributed by atoms with Gasteiger partial charge in [0.2, 0.25) is 0 Å². The minimum Gasteiger partial charge on any atom is -0.366 e. The summed E-state index contributed by atoms with van der Waals surface area (Å²) in [6.45, 7) is 6.41. The third-order valence-corrected chi connectivity index (χ3v) is 3.07. The summed E-state index contributed by atoms with van der Waals surface area (Å²) in [5.74, 6) is 1.55. The molecule has 0 amide bonds. The third kappa shape index (κ3) is 2.28. The van der Waals surface area contributed by atoms with Gasteiger partial charge in [0.1, 0.15) is 11.5 Å². The van der Waals surface area contributed by atoms with Crippen LogP contribution in [0.5, 0.6) is 0 Å². The van der Waals surface area contributed by atoms with Crippen LogP contribution in [-0.2, 0) is 0 Å². The van der Waals surface area contributed by atoms with Crippen LogP contribution in [0, 0.1) is 6.92 Å². The molecule has 2 heterocycles. The average Bonchev–Trinajstić information content (AvgIpc) is 2.86. The second-order valence-corrected chi connectivity index (χ2v) is 4.65. The predicted octanol–water partition coefficient (Wildman–Crippen LogP) is 3.53. The number of hydrogen-bond donors (Lipinski definition) is 2. The molecule has 0 aliphatic carbocycles. The summed E-state index contributed by atoms with van der Waals surface area (Å²) in [5.41, 5.74) is 2.92. The molecule has 100 valence electrons. The maximum absolute atomic E-state index is 4.63. The second-order valence-electron chi connectivity index (χ2n) is 4.65. The van der Waals surface area contributed by atoms with Crippen LogP contribution in [0.2, 0.25) is 0 Å². The van der Waals surface area contributed by atoms with E-state index < -0.39 is 0 Å². The summed E-state index contributed by atoms with van der Waals surface area (Å²) in [7, 11) is 0. The summed E-state index contributed by atoms with van der Waals surface area (Å²) in [6, 6.07) is 12.0. The highest BCUT2D eigenvalue weighted by Gasteiger charge is 2.10. The number of nitrogens with one attached hydrogen (secondary N) is 2. The van der Waals surface area contributed by atoms with Crippen molar-refractivity contribution in [3.05, 3.63) is 54.7 Å². The smallest absolute Gasteiger partial charge is 0.163 e. The number of anilines is 1. The van der Waals surface area contributed by atoms with E-state index in [0.717, 1.165) is 28.1 Å². The SMILES string of the molecule is C=CCNc1nc(-c2ccccc2)nc2[nH]c(C)cc12. The molecule has 20 heavy (non-hydrogen) atoms. The van der Waals surface area contributed by atoms with E-state index in [2.05, 4.69) is 32.9 Å². The molecule has 4 nitrogen and oxygen atoms in total. The highest BCUT2D eigenvalue weighted by molar-refractivity contribution is 5.89. The Morgan fingerprint density at radius 1 is 1.25 bits per heavy atom. The van der Waals surface area contributed by atoms with E-state index in [1.807, 2.05) is 43.3 Å². The molecule has 0 unspecified atom stereocenters. The van der Waals surface area contributed by atoms with E-state index in [0.29, 0.717) is 12.4 Å². The van der Waals surface area contributed by atoms with Crippen LogP contribution in [-0.4, -0.2) is 21.5 Å². The quantitative estimate of drug-likeness (QED) is 0.709. The zero-order valence-corrected chi connectivity index (χ0v) is 11.4. The molecule has 1 aromatic carbocycles. The number of aromatic amines is 1. The molecule has 3 aromatic rings. The minimum absolute atomic E-state index is 0.671. The maximum atomic E-state index is 4.63. The maximum Gasteiger partial charge on any atom is 0.163 e. The van der Waals surface area contributed by atoms with Crippen molar-refractivity contribution in [2.24, 2.45) is 0 Å². The number of H-pyrrole nitrogens is 1. The Balaban J connectivity index is 2.16. The van der Waals surface area contributed by atoms with Gasteiger partial charge in [0.05, 0.1) is 5.39 Å². The first-order valence-electron chi connectivity index (χ1n) is 6.55. The van der Waals surface area contributed by atoms with Gasteiger partial charge in [-0.2, -0.15) is 0 Å². The van der Waals surface area contributed by atoms with Crippen LogP contribution < -0.4 is 5.32 Å². The first-order chi connectivity index (χ1) is 9.78. The fraction of sp³-hybridized carbons (Fsp3) is 0.125. The average molecular weight is 264 g/mol. The molecule has 0 radical (unpaired) electrons. The van der Waals surface area contributed by atoms with Crippen molar-refractivity contribution in [3.8, 4) is 11.4 Å². The molecular formula is C16H16N4. The van der Waals surface area contributed by atoms with Crippen molar-refractivity contribution in [1.82, 2.24) is 15.0 Å². The van der Waals surface area contributed by atoms with Crippen molar-refractivity contribution in [1.29, 1.82) is 0 Å². The van der Waals surface area contributed by atoms with Gasteiger partial charge in [-0.3, -0.25) is 0 Å². The molecule has 3 rings (SSSR count). The number of benzene rings is 1. The molecule has 0 fully saturated rings. The molecule has 2 aromatic heterocycles. The molecule has 2 N–H and O–H groups in total. The molecular weight excluding hydrogens is 248 g/mol. The number of hydrogen-bond acceptors (Lipinski definition) is 3. The van der Waals surface area contributed by atoms with Crippen LogP contribution in [0.4, 0.5) is 5.82 Å². The van der Waals surface area contributed by atoms with Crippen molar-refractivity contribution in [2.45, 2.75) is 6.92 Å². The Hall–Kier alpha value is -2.62. The Bertz CT molecular complexity index is 744. The van der Waals surface area contributed by atoms with Crippen LogP contribution >= 0.6 is 0 Å². The largest absolute Gasteiger partial charge is 0.366 e. The molecule has 0 spiro atoms. The van der Waals surface area contributed by atoms with E-state index in [-0.39, 0.29) is 0 Å². The molecule has 0 saturated carbocycles. The van der Waals surface area contributed by atoms with Crippen LogP contribution in [0.3, 0.4) is 0 Å². The lowest BCUT2D eigenvalue weighted by atomic mass is 10.2. The lowest BCUT2D eigenvalue weighted by Gasteiger charge is -2.07. The summed E-state index contributed by atoms with van der Waals surface area (Å²) in [5, 5.41) is 4.28. The lowest BCUT2D eigenvalue weighted by molar-refractivity contribution is 1.17. The minimum atomic E-state index is 0.671. The normalized spacial score (nSPS) is 10.7. The highest BCUT2D eigenvalue weighted by Crippen LogP contribution is 2.25. The molecule has 0 atom stereocenters. The molecule has 0 aliphatic heterocycles. The lowest BCUT2D eigenvalue weighted by Crippen LogP contribution is -2.03. The van der Waals surface area contributed by atoms with E-state index in [4.69, 9.17) is 0 Å². The Morgan fingerprint density at radius 2 is 2.05 bits per heavy atom. The highest BCUT2D eigenvalue weighted by atomic mass is 15.1. The van der Waals surface area contributed by atoms with Crippen molar-refractivity contribution in [3.63, 3.8) is 0 Å². The Kier molecular flexibility index (Phi) is 3.21. The molecule has 0 saturated heterocycles. The molecule has 0 aliphatic rings. The van der Waals surface area contributed by atoms with Gasteiger partial charge in [0, 0.05) is 17.8 Å². The number of fused-ring (bicyclic) bond motifs is 1. The van der Waals surface area contributed by atoms with Gasteiger partial charge in [-0.1, -0.05) is 36.4 Å². The fourth-order valence-electron chi connectivity index (χ4n) is 2.16. The Labute approximate surface area is 117 Å². The van der Waals surface area contributed by atoms with Gasteiger partial charge in [0.15, 0.2) is 5.82 Å². The zero-order valence-electron chi connectivity index (χ0n) is 11.4. The topological polar surface area (TPSA) is 53.6 Å². The summed E-state index contributed by atoms with van der Waals surface area (Å²) >= 11 is 0. The molecule has 0 bridgehead atoms. The van der Waals surface area contributed by atoms with Crippen molar-refractivity contribution < 1.29 is 0 Å². The number of rotatable bonds is 4. The number of aromatic nitrogens is 3. The van der Waals surface area contributed by atoms with Crippen molar-refractivity contribution in [2.75, 3.05) is 11.9 Å². The fourth-order valence-corrected chi connectivity index (χ4v) is 2.16. The van der Waals surface area contributed by atoms with Gasteiger partial charge in [-0.25, -0.2) is 9.97 Å². The third-order valence-electron chi connectivity index (χ3n) is 3.07. The van der Waals surface area contributed by atoms with Crippen molar-refractivity contribution >= 4 is 16.9 Å². The second kappa shape index (κ2) is 5.17. The summed E-state index contributed by atoms with van der Waals surface area (Å²) in [4.78, 5) is 12.5. The summed E-state index contributed by atoms with van der Waals surface area (Å²) < 4.78 is 0. The van der Waals surface area contributed by atoms with Crippen LogP contribution in [0.25, 0.3) is 22.4 Å². The number of aryl methyl sites for hydroxylation is 1. The summed E-state index contributed by atoms with van der Waals surface area (Å²) in [6.07, 6.45) is 1.82. The zero-order chi connectivity index (χ0) is 13.9. The van der Waals surface area contributed by atoms with Gasteiger partial charge in [0.25, 0.3) is 0 Å². The van der Waals surface area contributed by atoms with Crippen LogP contribution in [0.15, 0.2) is 49.1 Å². The van der Waals surface area contributed by atoms with E-state index in [1.54, 1.807) is 0 Å². The van der Waals surface area contributed by atoms with Gasteiger partial charge < -0.3 is 10.3 Å². The number of nitrogens with zero attached hydrogens (tertiary/aromatic N) is 2. The van der Waals surface area contributed by atoms with E-state index in [1.165, 1.54) is 0 Å². The van der Waals surface area contributed by atoms with Gasteiger partial charge >= 0.3 is 0 Å². The standard InChI is InChI=1S/C16H16N4/c1-3-9-17-15-13-10-11(2)18-16(13)20-14(19-15)12-7-5-4-6-8-12/h3-8,10H,1,9H2,2H3,(H2,17,18,19,20). The first kappa shape index (κ1) is 12.4. The molecule has 4 heteroatoms. The van der Waals surface area contributed by atoms with E-state index in [9.17, 15) is 0 Å². The van der Waals surface area contributed by atoms with Crippen LogP contribution in [0.1, 0.15) is 5.69 Å². The monoisotopic (exact) mass is 264 g/mol. The van der Waals surface area contributed by atoms with E-state index >= 15 is 0 Å². The van der Waals surface area contributed by atoms with Gasteiger partial charge in [-0.15, -0.1) is 6.58 Å².